The number of carbonyl (C=O) groups excluding carboxylic acids is 3. The molecule has 452 valence electrons. The van der Waals surface area contributed by atoms with Crippen molar-refractivity contribution < 1.29 is 77.9 Å². The highest BCUT2D eigenvalue weighted by Gasteiger charge is 2.50. The average Bonchev–Trinajstić information content (AvgIpc) is 1.55. The third-order valence-corrected chi connectivity index (χ3v) is 17.5. The second kappa shape index (κ2) is 24.1. The fourth-order valence-corrected chi connectivity index (χ4v) is 12.4. The van der Waals surface area contributed by atoms with Crippen molar-refractivity contribution in [1.82, 2.24) is 14.5 Å². The molecule has 4 aromatic rings. The van der Waals surface area contributed by atoms with Gasteiger partial charge in [0, 0.05) is 119 Å². The summed E-state index contributed by atoms with van der Waals surface area (Å²) in [5.74, 6) is -10.9. The molecule has 84 heavy (non-hydrogen) atoms. The van der Waals surface area contributed by atoms with Crippen molar-refractivity contribution in [3.63, 3.8) is 0 Å². The molecule has 1 saturated carbocycles. The first kappa shape index (κ1) is 60.8. The zero-order valence-corrected chi connectivity index (χ0v) is 48.8. The molecule has 6 heterocycles. The number of amides is 1. The first-order chi connectivity index (χ1) is 39.8. The number of nitrogens with zero attached hydrogens (tertiary/aromatic N) is 5. The van der Waals surface area contributed by atoms with E-state index < -0.39 is 112 Å². The Hall–Kier alpha value is -7.73. The SMILES string of the molecule is COc1c(N2CCN(C3CCN(N=Cc4c5c(O)c6c(O)c(C)c7c(c6c4O)C(=O)[C@@](C)(OC=C[C@H](OC)[C@@H](C)[C@@H](OC(C)=O)[C@H](C)[C@H](O)[C@H](C)[C@@H](O)[C@@H](C)C=CC=C(C)C(=O)N5)O7)CC3)CC2)c(F)cc2c(=O)c(C(=O)O)cn(C3CC3)c12. The van der Waals surface area contributed by atoms with Gasteiger partial charge in [-0.05, 0) is 51.7 Å². The van der Waals surface area contributed by atoms with Gasteiger partial charge < -0.3 is 69.1 Å². The van der Waals surface area contributed by atoms with Crippen molar-refractivity contribution >= 4 is 62.9 Å². The lowest BCUT2D eigenvalue weighted by Gasteiger charge is -2.43. The number of benzene rings is 3. The van der Waals surface area contributed by atoms with Gasteiger partial charge in [0.05, 0.1) is 71.0 Å². The molecule has 0 spiro atoms. The fraction of sp³-hybridized carbons (Fsp3) is 0.508. The predicted molar refractivity (Wildman–Crippen MR) is 310 cm³/mol. The Bertz CT molecular complexity index is 3470. The molecule has 10 rings (SSSR count). The van der Waals surface area contributed by atoms with Crippen LogP contribution in [0.5, 0.6) is 28.7 Å². The molecule has 22 nitrogen and oxygen atoms in total. The molecule has 1 amide bonds. The number of esters is 1. The first-order valence-electron chi connectivity index (χ1n) is 28.4. The van der Waals surface area contributed by atoms with E-state index in [-0.39, 0.29) is 73.4 Å². The standard InChI is InChI=1S/C61H75FN6O16/c1-29-12-11-13-30(2)59(77)64-46-39(27-63-67-19-16-36(17-20-67)65-21-23-66(24-22-65)48-41(62)26-38-47(57(48)81-10)68(37-14-15-37)28-40(52(38)73)60(78)79)53(74)43-44(54(46)75)51(72)34(6)56-45(43)58(76)61(8,84-56)82-25-18-42(80-9)31(3)55(83-35(7)69)33(5)50(71)32(4)49(29)70/h11-13,18,25-29,31-33,36-37,42,49-50,55,70-72,74-75H,14-17,19-24H2,1-10H3,(H,64,77)(H,78,79)/t29-,31+,32+,33+,42-,49-,50+,55+,61-/m0/s1. The van der Waals surface area contributed by atoms with Gasteiger partial charge in [0.1, 0.15) is 34.6 Å². The number of aromatic carboxylic acids is 1. The molecule has 6 aliphatic rings. The number of hydrazone groups is 1. The number of rotatable bonds is 9. The van der Waals surface area contributed by atoms with Crippen LogP contribution in [0, 0.1) is 36.4 Å². The molecule has 7 N–H and O–H groups in total. The van der Waals surface area contributed by atoms with E-state index in [0.717, 1.165) is 18.9 Å². The number of carbonyl (C=O) groups is 4. The third kappa shape index (κ3) is 11.2. The van der Waals surface area contributed by atoms with E-state index in [1.54, 1.807) is 49.4 Å². The number of ketones is 1. The van der Waals surface area contributed by atoms with E-state index in [9.17, 15) is 54.6 Å². The predicted octanol–water partition coefficient (Wildman–Crippen LogP) is 6.87. The summed E-state index contributed by atoms with van der Waals surface area (Å²) in [6.07, 6.45) is 8.73. The summed E-state index contributed by atoms with van der Waals surface area (Å²) in [5, 5.41) is 78.0. The third-order valence-electron chi connectivity index (χ3n) is 17.5. The van der Waals surface area contributed by atoms with Crippen molar-refractivity contribution in [2.24, 2.45) is 28.8 Å². The molecule has 23 heteroatoms. The zero-order valence-electron chi connectivity index (χ0n) is 48.8. The number of hydrogen-bond acceptors (Lipinski definition) is 19. The number of fused-ring (bicyclic) bond motifs is 15. The van der Waals surface area contributed by atoms with Gasteiger partial charge in [-0.15, -0.1) is 0 Å². The quantitative estimate of drug-likeness (QED) is 0.0389. The number of halogens is 1. The molecule has 1 aromatic heterocycles. The minimum absolute atomic E-state index is 0.0101. The van der Waals surface area contributed by atoms with Crippen LogP contribution in [0.3, 0.4) is 0 Å². The number of phenolic OH excluding ortho intramolecular Hbond substituents is 3. The molecular formula is C61H75FN6O16. The number of carboxylic acid groups (broad SMARTS) is 1. The minimum atomic E-state index is -2.12. The van der Waals surface area contributed by atoms with Gasteiger partial charge in [-0.3, -0.25) is 29.1 Å². The van der Waals surface area contributed by atoms with Gasteiger partial charge in [0.25, 0.3) is 11.7 Å². The molecule has 9 atom stereocenters. The maximum atomic E-state index is 16.2. The summed E-state index contributed by atoms with van der Waals surface area (Å²) in [6.45, 7) is 15.2. The minimum Gasteiger partial charge on any atom is -0.507 e. The number of allylic oxidation sites excluding steroid dienone is 2. The van der Waals surface area contributed by atoms with Crippen LogP contribution >= 0.6 is 0 Å². The van der Waals surface area contributed by atoms with E-state index in [1.807, 2.05) is 4.90 Å². The van der Waals surface area contributed by atoms with Crippen molar-refractivity contribution in [3.8, 4) is 28.7 Å². The first-order valence-corrected chi connectivity index (χ1v) is 28.4. The van der Waals surface area contributed by atoms with E-state index in [2.05, 4.69) is 10.2 Å². The van der Waals surface area contributed by atoms with Crippen LogP contribution in [0.2, 0.25) is 0 Å². The second-order valence-electron chi connectivity index (χ2n) is 23.0. The van der Waals surface area contributed by atoms with Crippen molar-refractivity contribution in [2.45, 2.75) is 123 Å². The van der Waals surface area contributed by atoms with E-state index in [0.29, 0.717) is 57.6 Å². The summed E-state index contributed by atoms with van der Waals surface area (Å²) >= 11 is 0. The maximum absolute atomic E-state index is 16.2. The number of methoxy groups -OCH3 is 2. The number of ether oxygens (including phenoxy) is 5. The van der Waals surface area contributed by atoms with Crippen LogP contribution < -0.4 is 25.1 Å². The van der Waals surface area contributed by atoms with Gasteiger partial charge in [-0.2, -0.15) is 5.10 Å². The van der Waals surface area contributed by atoms with Gasteiger partial charge in [-0.25, -0.2) is 9.18 Å². The summed E-state index contributed by atoms with van der Waals surface area (Å²) in [7, 11) is 2.83. The Kier molecular flexibility index (Phi) is 17.5. The van der Waals surface area contributed by atoms with Crippen molar-refractivity contribution in [2.75, 3.05) is 63.7 Å². The largest absolute Gasteiger partial charge is 0.507 e. The molecule has 0 unspecified atom stereocenters. The lowest BCUT2D eigenvalue weighted by atomic mass is 9.78. The van der Waals surface area contributed by atoms with E-state index >= 15 is 4.39 Å². The molecule has 3 fully saturated rings. The van der Waals surface area contributed by atoms with E-state index in [4.69, 9.17) is 28.8 Å². The van der Waals surface area contributed by atoms with Crippen LogP contribution in [-0.4, -0.2) is 165 Å². The average molecular weight is 1170 g/mol. The van der Waals surface area contributed by atoms with Crippen LogP contribution in [-0.2, 0) is 23.8 Å². The number of piperidine rings is 1. The Balaban J connectivity index is 1.01. The number of Topliss-reactive ketones (excluding diaryl/α,β-unsaturated/α-hetero) is 1. The molecule has 5 bridgehead atoms. The Morgan fingerprint density at radius 2 is 1.55 bits per heavy atom. The number of carboxylic acids is 1. The number of aromatic nitrogens is 1. The Morgan fingerprint density at radius 1 is 0.869 bits per heavy atom. The maximum Gasteiger partial charge on any atom is 0.341 e. The fourth-order valence-electron chi connectivity index (χ4n) is 12.4. The molecule has 2 saturated heterocycles. The van der Waals surface area contributed by atoms with Crippen LogP contribution in [0.25, 0.3) is 21.7 Å². The number of anilines is 2. The van der Waals surface area contributed by atoms with Gasteiger partial charge in [-0.1, -0.05) is 45.9 Å². The molecule has 0 radical (unpaired) electrons. The van der Waals surface area contributed by atoms with Gasteiger partial charge in [0.15, 0.2) is 17.3 Å². The summed E-state index contributed by atoms with van der Waals surface area (Å²) in [4.78, 5) is 70.9. The van der Waals surface area contributed by atoms with Crippen LogP contribution in [0.1, 0.15) is 112 Å². The van der Waals surface area contributed by atoms with Crippen LogP contribution in [0.4, 0.5) is 15.8 Å². The number of nitrogens with one attached hydrogen (secondary N) is 1. The van der Waals surface area contributed by atoms with Crippen molar-refractivity contribution in [3.05, 3.63) is 86.7 Å². The monoisotopic (exact) mass is 1170 g/mol. The number of hydrogen-bond donors (Lipinski definition) is 7. The molecule has 3 aromatic carbocycles. The number of aromatic hydroxyl groups is 3. The van der Waals surface area contributed by atoms with E-state index in [1.165, 1.54) is 72.7 Å². The zero-order chi connectivity index (χ0) is 61.0. The van der Waals surface area contributed by atoms with Crippen molar-refractivity contribution in [1.29, 1.82) is 0 Å². The van der Waals surface area contributed by atoms with Gasteiger partial charge >= 0.3 is 17.7 Å². The highest BCUT2D eigenvalue weighted by Crippen LogP contribution is 2.55. The molecule has 5 aliphatic heterocycles. The van der Waals surface area contributed by atoms with Crippen LogP contribution in [0.15, 0.2) is 58.3 Å². The smallest absolute Gasteiger partial charge is 0.341 e. The lowest BCUT2D eigenvalue weighted by molar-refractivity contribution is -0.160. The highest BCUT2D eigenvalue weighted by molar-refractivity contribution is 6.24. The topological polar surface area (TPSA) is 292 Å². The number of piperazine rings is 1. The summed E-state index contributed by atoms with van der Waals surface area (Å²) in [6, 6.07) is 1.17. The Labute approximate surface area is 485 Å². The number of pyridine rings is 1. The molecule has 1 aliphatic carbocycles. The second-order valence-corrected chi connectivity index (χ2v) is 23.0. The number of aliphatic hydroxyl groups is 2. The normalized spacial score (nSPS) is 26.9. The highest BCUT2D eigenvalue weighted by atomic mass is 19.1. The van der Waals surface area contributed by atoms with Gasteiger partial charge in [0.2, 0.25) is 5.43 Å². The summed E-state index contributed by atoms with van der Waals surface area (Å²) < 4.78 is 47.6. The number of aliphatic hydroxyl groups excluding tert-OH is 2. The summed E-state index contributed by atoms with van der Waals surface area (Å²) in [5.41, 5.74) is -1.28. The lowest BCUT2D eigenvalue weighted by Crippen LogP contribution is -2.53. The molecular weight excluding hydrogens is 1090 g/mol. The number of phenols is 3. The Morgan fingerprint density at radius 3 is 2.17 bits per heavy atom.